The molecule has 0 aliphatic rings. The molecule has 0 heterocycles. The lowest BCUT2D eigenvalue weighted by atomic mass is 10.1. The number of nitrogens with zero attached hydrogens (tertiary/aromatic N) is 1. The molecular weight excluding hydrogens is 271 g/mol. The van der Waals surface area contributed by atoms with Crippen LogP contribution < -0.4 is 0 Å². The average molecular weight is 287 g/mol. The summed E-state index contributed by atoms with van der Waals surface area (Å²) in [6.45, 7) is -0.906. The Balaban J connectivity index is 2.85. The van der Waals surface area contributed by atoms with Crippen molar-refractivity contribution >= 4 is 0 Å². The molecule has 20 heavy (non-hydrogen) atoms. The van der Waals surface area contributed by atoms with Gasteiger partial charge in [0.1, 0.15) is 12.4 Å². The first-order chi connectivity index (χ1) is 9.55. The van der Waals surface area contributed by atoms with Crippen molar-refractivity contribution in [1.29, 1.82) is 0 Å². The van der Waals surface area contributed by atoms with Gasteiger partial charge in [0, 0.05) is 18.7 Å². The zero-order valence-electron chi connectivity index (χ0n) is 10.8. The number of aliphatic hydroxyl groups excluding tert-OH is 2. The Hall–Kier alpha value is -1.55. The van der Waals surface area contributed by atoms with Crippen LogP contribution in [0.15, 0.2) is 18.2 Å². The first-order valence-electron chi connectivity index (χ1n) is 6.05. The largest absolute Gasteiger partial charge is 0.395 e. The molecule has 0 saturated carbocycles. The fourth-order valence-electron chi connectivity index (χ4n) is 1.79. The van der Waals surface area contributed by atoms with E-state index in [9.17, 15) is 13.2 Å². The van der Waals surface area contributed by atoms with E-state index in [1.807, 2.05) is 0 Å². The summed E-state index contributed by atoms with van der Waals surface area (Å²) in [5.74, 6) is 4.44. The highest BCUT2D eigenvalue weighted by Gasteiger charge is 2.12. The molecule has 0 bridgehead atoms. The van der Waals surface area contributed by atoms with Crippen LogP contribution in [-0.2, 0) is 6.54 Å². The van der Waals surface area contributed by atoms with Crippen molar-refractivity contribution < 1.29 is 23.4 Å². The number of benzene rings is 1. The van der Waals surface area contributed by atoms with Crippen molar-refractivity contribution in [1.82, 2.24) is 4.90 Å². The minimum atomic E-state index is -2.52. The molecular formula is C14H16F3NO2. The second kappa shape index (κ2) is 8.59. The maximum Gasteiger partial charge on any atom is 0.251 e. The van der Waals surface area contributed by atoms with Crippen LogP contribution in [-0.4, -0.2) is 47.8 Å². The van der Waals surface area contributed by atoms with Crippen LogP contribution in [0.3, 0.4) is 0 Å². The third-order valence-corrected chi connectivity index (χ3v) is 2.49. The Morgan fingerprint density at radius 1 is 1.20 bits per heavy atom. The summed E-state index contributed by atoms with van der Waals surface area (Å²) in [5, 5.41) is 17.4. The summed E-state index contributed by atoms with van der Waals surface area (Å²) in [6, 6.07) is 4.01. The molecule has 0 spiro atoms. The van der Waals surface area contributed by atoms with Crippen LogP contribution in [0, 0.1) is 17.7 Å². The molecule has 0 amide bonds. The van der Waals surface area contributed by atoms with Gasteiger partial charge in [0.25, 0.3) is 6.43 Å². The molecule has 2 N–H and O–H groups in total. The van der Waals surface area contributed by atoms with Crippen molar-refractivity contribution in [3.8, 4) is 11.8 Å². The molecule has 0 aliphatic heterocycles. The molecule has 0 aromatic heterocycles. The number of halogens is 3. The highest BCUT2D eigenvalue weighted by atomic mass is 19.3. The predicted octanol–water partition coefficient (Wildman–Crippen LogP) is 1.23. The van der Waals surface area contributed by atoms with Crippen LogP contribution in [0.5, 0.6) is 0 Å². The molecule has 1 aromatic carbocycles. The summed E-state index contributed by atoms with van der Waals surface area (Å²) in [5.41, 5.74) is 0.858. The van der Waals surface area contributed by atoms with E-state index in [1.54, 1.807) is 6.07 Å². The van der Waals surface area contributed by atoms with Crippen molar-refractivity contribution in [3.63, 3.8) is 0 Å². The lowest BCUT2D eigenvalue weighted by molar-refractivity contribution is 0.0746. The van der Waals surface area contributed by atoms with Crippen LogP contribution >= 0.6 is 0 Å². The van der Waals surface area contributed by atoms with Gasteiger partial charge < -0.3 is 10.2 Å². The fraction of sp³-hybridized carbons (Fsp3) is 0.429. The third kappa shape index (κ3) is 6.06. The molecule has 6 heteroatoms. The smallest absolute Gasteiger partial charge is 0.251 e. The molecule has 0 aliphatic carbocycles. The number of hydrogen-bond donors (Lipinski definition) is 2. The zero-order chi connectivity index (χ0) is 15.0. The second-order valence-electron chi connectivity index (χ2n) is 4.16. The maximum absolute atomic E-state index is 13.4. The second-order valence-corrected chi connectivity index (χ2v) is 4.16. The fourth-order valence-corrected chi connectivity index (χ4v) is 1.79. The number of hydrogen-bond acceptors (Lipinski definition) is 3. The first kappa shape index (κ1) is 16.5. The Labute approximate surface area is 115 Å². The maximum atomic E-state index is 13.4. The van der Waals surface area contributed by atoms with E-state index in [-0.39, 0.29) is 26.3 Å². The van der Waals surface area contributed by atoms with Gasteiger partial charge in [0.05, 0.1) is 13.2 Å². The SMILES string of the molecule is OCC#Cc1cc(F)cc(CN(CCO)CC(F)F)c1. The van der Waals surface area contributed by atoms with Gasteiger partial charge in [0.2, 0.25) is 0 Å². The van der Waals surface area contributed by atoms with Crippen molar-refractivity contribution in [2.45, 2.75) is 13.0 Å². The number of alkyl halides is 2. The molecule has 1 aromatic rings. The van der Waals surface area contributed by atoms with Gasteiger partial charge in [-0.3, -0.25) is 4.90 Å². The summed E-state index contributed by atoms with van der Waals surface area (Å²) in [6.07, 6.45) is -2.52. The van der Waals surface area contributed by atoms with Crippen molar-refractivity contribution in [2.75, 3.05) is 26.3 Å². The zero-order valence-corrected chi connectivity index (χ0v) is 10.8. The highest BCUT2D eigenvalue weighted by molar-refractivity contribution is 5.37. The Morgan fingerprint density at radius 3 is 2.55 bits per heavy atom. The van der Waals surface area contributed by atoms with Crippen molar-refractivity contribution in [3.05, 3.63) is 35.1 Å². The van der Waals surface area contributed by atoms with Gasteiger partial charge in [-0.25, -0.2) is 13.2 Å². The van der Waals surface area contributed by atoms with Crippen LogP contribution in [0.4, 0.5) is 13.2 Å². The molecule has 0 saturated heterocycles. The van der Waals surface area contributed by atoms with Gasteiger partial charge in [0.15, 0.2) is 0 Å². The molecule has 3 nitrogen and oxygen atoms in total. The van der Waals surface area contributed by atoms with Gasteiger partial charge in [-0.2, -0.15) is 0 Å². The molecule has 1 rings (SSSR count). The summed E-state index contributed by atoms with van der Waals surface area (Å²) >= 11 is 0. The number of rotatable bonds is 6. The van der Waals surface area contributed by atoms with Gasteiger partial charge in [-0.15, -0.1) is 0 Å². The molecule has 0 radical (unpaired) electrons. The molecule has 0 unspecified atom stereocenters. The summed E-state index contributed by atoms with van der Waals surface area (Å²) in [7, 11) is 0. The van der Waals surface area contributed by atoms with Crippen LogP contribution in [0.25, 0.3) is 0 Å². The summed E-state index contributed by atoms with van der Waals surface area (Å²) in [4.78, 5) is 1.34. The van der Waals surface area contributed by atoms with E-state index < -0.39 is 18.8 Å². The standard InChI is InChI=1S/C14H16F3NO2/c15-13-7-11(2-1-4-19)6-12(8-13)9-18(3-5-20)10-14(16)17/h6-8,14,19-20H,3-5,9-10H2. The quantitative estimate of drug-likeness (QED) is 0.773. The van der Waals surface area contributed by atoms with E-state index in [0.717, 1.165) is 0 Å². The van der Waals surface area contributed by atoms with Crippen molar-refractivity contribution in [2.24, 2.45) is 0 Å². The highest BCUT2D eigenvalue weighted by Crippen LogP contribution is 2.12. The molecule has 110 valence electrons. The number of aliphatic hydroxyl groups is 2. The predicted molar refractivity (Wildman–Crippen MR) is 68.7 cm³/mol. The molecule has 0 atom stereocenters. The first-order valence-corrected chi connectivity index (χ1v) is 6.05. The Bertz CT molecular complexity index is 483. The van der Waals surface area contributed by atoms with Crippen LogP contribution in [0.1, 0.15) is 11.1 Å². The monoisotopic (exact) mass is 287 g/mol. The van der Waals surface area contributed by atoms with E-state index >= 15 is 0 Å². The molecule has 0 fully saturated rings. The van der Waals surface area contributed by atoms with E-state index in [4.69, 9.17) is 10.2 Å². The average Bonchev–Trinajstić information content (AvgIpc) is 2.35. The normalized spacial score (nSPS) is 10.8. The summed E-state index contributed by atoms with van der Waals surface area (Å²) < 4.78 is 38.2. The minimum Gasteiger partial charge on any atom is -0.395 e. The van der Waals surface area contributed by atoms with Gasteiger partial charge in [-0.1, -0.05) is 11.8 Å². The topological polar surface area (TPSA) is 43.7 Å². The van der Waals surface area contributed by atoms with Gasteiger partial charge in [-0.05, 0) is 23.8 Å². The third-order valence-electron chi connectivity index (χ3n) is 2.49. The Morgan fingerprint density at radius 2 is 1.95 bits per heavy atom. The van der Waals surface area contributed by atoms with E-state index in [1.165, 1.54) is 17.0 Å². The van der Waals surface area contributed by atoms with Gasteiger partial charge >= 0.3 is 0 Å². The Kier molecular flexibility index (Phi) is 7.09. The lowest BCUT2D eigenvalue weighted by Crippen LogP contribution is -2.31. The van der Waals surface area contributed by atoms with E-state index in [2.05, 4.69) is 11.8 Å². The van der Waals surface area contributed by atoms with Crippen LogP contribution in [0.2, 0.25) is 0 Å². The minimum absolute atomic E-state index is 0.0819. The lowest BCUT2D eigenvalue weighted by Gasteiger charge is -2.20. The van der Waals surface area contributed by atoms with E-state index in [0.29, 0.717) is 11.1 Å².